The van der Waals surface area contributed by atoms with E-state index in [2.05, 4.69) is 17.9 Å². The Bertz CT molecular complexity index is 138. The predicted octanol–water partition coefficient (Wildman–Crippen LogP) is 1.61. The van der Waals surface area contributed by atoms with E-state index in [1.807, 2.05) is 27.7 Å². The summed E-state index contributed by atoms with van der Waals surface area (Å²) in [7, 11) is 0. The molecule has 0 aliphatic rings. The lowest BCUT2D eigenvalue weighted by molar-refractivity contribution is -0.111. The Balaban J connectivity index is 4.00. The van der Waals surface area contributed by atoms with Crippen molar-refractivity contribution in [1.29, 1.82) is 0 Å². The summed E-state index contributed by atoms with van der Waals surface area (Å²) < 4.78 is -0.0422. The normalized spacial score (nSPS) is 12.8. The molecule has 2 nitrogen and oxygen atoms in total. The molecule has 0 aliphatic heterocycles. The van der Waals surface area contributed by atoms with Gasteiger partial charge in [0.25, 0.3) is 0 Å². The molecule has 11 heavy (non-hydrogen) atoms. The quantitative estimate of drug-likeness (QED) is 0.493. The Morgan fingerprint density at radius 1 is 1.36 bits per heavy atom. The molecule has 0 aromatic heterocycles. The maximum atomic E-state index is 10.2. The van der Waals surface area contributed by atoms with Crippen LogP contribution in [0.4, 0.5) is 0 Å². The predicted molar refractivity (Wildman–Crippen MR) is 51.0 cm³/mol. The molecule has 1 N–H and O–H groups in total. The first kappa shape index (κ1) is 10.8. The van der Waals surface area contributed by atoms with E-state index in [-0.39, 0.29) is 10.3 Å². The van der Waals surface area contributed by atoms with Crippen molar-refractivity contribution in [3.8, 4) is 0 Å². The average molecular weight is 175 g/mol. The first-order valence-electron chi connectivity index (χ1n) is 3.71. The SMILES string of the molecule is CC(C)(S)CC(C)(C)NC=O. The van der Waals surface area contributed by atoms with E-state index in [0.29, 0.717) is 0 Å². The van der Waals surface area contributed by atoms with E-state index in [1.165, 1.54) is 0 Å². The summed E-state index contributed by atoms with van der Waals surface area (Å²) in [6.45, 7) is 8.04. The number of carbonyl (C=O) groups is 1. The second-order valence-corrected chi connectivity index (χ2v) is 5.35. The summed E-state index contributed by atoms with van der Waals surface area (Å²) in [5.74, 6) is 0. The second kappa shape index (κ2) is 3.48. The molecule has 0 fully saturated rings. The molecular formula is C8H17NOS. The van der Waals surface area contributed by atoms with Crippen LogP contribution in [0.5, 0.6) is 0 Å². The van der Waals surface area contributed by atoms with Crippen LogP contribution in [0.1, 0.15) is 34.1 Å². The fraction of sp³-hybridized carbons (Fsp3) is 0.875. The number of nitrogens with one attached hydrogen (secondary N) is 1. The van der Waals surface area contributed by atoms with Crippen LogP contribution in [0.3, 0.4) is 0 Å². The molecule has 0 spiro atoms. The summed E-state index contributed by atoms with van der Waals surface area (Å²) in [4.78, 5) is 10.2. The van der Waals surface area contributed by atoms with Crippen LogP contribution in [0.15, 0.2) is 0 Å². The zero-order chi connectivity index (χ0) is 9.12. The molecule has 0 aliphatic carbocycles. The van der Waals surface area contributed by atoms with Gasteiger partial charge in [-0.2, -0.15) is 12.6 Å². The van der Waals surface area contributed by atoms with Crippen molar-refractivity contribution in [3.63, 3.8) is 0 Å². The molecule has 0 atom stereocenters. The van der Waals surface area contributed by atoms with E-state index in [9.17, 15) is 4.79 Å². The van der Waals surface area contributed by atoms with Gasteiger partial charge in [0.15, 0.2) is 0 Å². The molecule has 0 bridgehead atoms. The van der Waals surface area contributed by atoms with Crippen molar-refractivity contribution >= 4 is 19.0 Å². The first-order valence-corrected chi connectivity index (χ1v) is 4.15. The van der Waals surface area contributed by atoms with E-state index in [0.717, 1.165) is 12.8 Å². The van der Waals surface area contributed by atoms with Crippen LogP contribution < -0.4 is 5.32 Å². The van der Waals surface area contributed by atoms with Crippen LogP contribution in [-0.4, -0.2) is 16.7 Å². The van der Waals surface area contributed by atoms with Crippen LogP contribution in [0.25, 0.3) is 0 Å². The van der Waals surface area contributed by atoms with Crippen molar-refractivity contribution in [2.75, 3.05) is 0 Å². The number of rotatable bonds is 4. The van der Waals surface area contributed by atoms with Gasteiger partial charge >= 0.3 is 0 Å². The van der Waals surface area contributed by atoms with Crippen LogP contribution >= 0.6 is 12.6 Å². The molecular weight excluding hydrogens is 158 g/mol. The minimum absolute atomic E-state index is 0.0422. The van der Waals surface area contributed by atoms with Crippen molar-refractivity contribution in [2.24, 2.45) is 0 Å². The lowest BCUT2D eigenvalue weighted by Crippen LogP contribution is -2.42. The Hall–Kier alpha value is -0.180. The highest BCUT2D eigenvalue weighted by Crippen LogP contribution is 2.24. The molecule has 0 radical (unpaired) electrons. The fourth-order valence-electron chi connectivity index (χ4n) is 1.29. The van der Waals surface area contributed by atoms with Crippen molar-refractivity contribution < 1.29 is 4.79 Å². The number of carbonyl (C=O) groups excluding carboxylic acids is 1. The summed E-state index contributed by atoms with van der Waals surface area (Å²) in [6, 6.07) is 0. The zero-order valence-corrected chi connectivity index (χ0v) is 8.53. The number of hydrogen-bond acceptors (Lipinski definition) is 2. The van der Waals surface area contributed by atoms with Gasteiger partial charge in [-0.15, -0.1) is 0 Å². The minimum Gasteiger partial charge on any atom is -0.354 e. The average Bonchev–Trinajstić information content (AvgIpc) is 1.55. The molecule has 0 aromatic rings. The zero-order valence-electron chi connectivity index (χ0n) is 7.64. The van der Waals surface area contributed by atoms with Gasteiger partial charge in [0.05, 0.1) is 0 Å². The van der Waals surface area contributed by atoms with E-state index in [1.54, 1.807) is 0 Å². The monoisotopic (exact) mass is 175 g/mol. The molecule has 0 aromatic carbocycles. The second-order valence-electron chi connectivity index (χ2n) is 4.14. The lowest BCUT2D eigenvalue weighted by Gasteiger charge is -2.31. The Morgan fingerprint density at radius 3 is 2.09 bits per heavy atom. The first-order chi connectivity index (χ1) is 4.77. The summed E-state index contributed by atoms with van der Waals surface area (Å²) >= 11 is 4.39. The highest BCUT2D eigenvalue weighted by molar-refractivity contribution is 7.81. The molecule has 0 unspecified atom stereocenters. The smallest absolute Gasteiger partial charge is 0.207 e. The molecule has 3 heteroatoms. The maximum Gasteiger partial charge on any atom is 0.207 e. The van der Waals surface area contributed by atoms with E-state index in [4.69, 9.17) is 0 Å². The van der Waals surface area contributed by atoms with Gasteiger partial charge in [0.1, 0.15) is 0 Å². The van der Waals surface area contributed by atoms with E-state index >= 15 is 0 Å². The number of amides is 1. The van der Waals surface area contributed by atoms with Crippen molar-refractivity contribution in [3.05, 3.63) is 0 Å². The summed E-state index contributed by atoms with van der Waals surface area (Å²) in [5.41, 5.74) is -0.160. The Labute approximate surface area is 74.2 Å². The molecule has 0 saturated carbocycles. The van der Waals surface area contributed by atoms with E-state index < -0.39 is 0 Å². The van der Waals surface area contributed by atoms with Gasteiger partial charge in [0.2, 0.25) is 6.41 Å². The van der Waals surface area contributed by atoms with Crippen molar-refractivity contribution in [2.45, 2.75) is 44.4 Å². The van der Waals surface area contributed by atoms with Crippen LogP contribution in [0.2, 0.25) is 0 Å². The summed E-state index contributed by atoms with van der Waals surface area (Å²) in [5, 5.41) is 2.75. The van der Waals surface area contributed by atoms with Gasteiger partial charge in [-0.1, -0.05) is 13.8 Å². The van der Waals surface area contributed by atoms with Crippen LogP contribution in [0, 0.1) is 0 Å². The van der Waals surface area contributed by atoms with Gasteiger partial charge in [-0.25, -0.2) is 0 Å². The maximum absolute atomic E-state index is 10.2. The molecule has 66 valence electrons. The number of hydrogen-bond donors (Lipinski definition) is 2. The third-order valence-corrected chi connectivity index (χ3v) is 1.48. The molecule has 0 heterocycles. The highest BCUT2D eigenvalue weighted by Gasteiger charge is 2.24. The molecule has 0 saturated heterocycles. The highest BCUT2D eigenvalue weighted by atomic mass is 32.1. The Morgan fingerprint density at radius 2 is 1.82 bits per heavy atom. The Kier molecular flexibility index (Phi) is 3.42. The van der Waals surface area contributed by atoms with Gasteiger partial charge < -0.3 is 5.32 Å². The number of thiol groups is 1. The summed E-state index contributed by atoms with van der Waals surface area (Å²) in [6.07, 6.45) is 1.58. The molecule has 1 amide bonds. The lowest BCUT2D eigenvalue weighted by atomic mass is 9.92. The largest absolute Gasteiger partial charge is 0.354 e. The van der Waals surface area contributed by atoms with Crippen molar-refractivity contribution in [1.82, 2.24) is 5.32 Å². The molecule has 0 rings (SSSR count). The van der Waals surface area contributed by atoms with Gasteiger partial charge in [-0.05, 0) is 20.3 Å². The van der Waals surface area contributed by atoms with Gasteiger partial charge in [-0.3, -0.25) is 4.79 Å². The topological polar surface area (TPSA) is 29.1 Å². The third-order valence-electron chi connectivity index (χ3n) is 1.32. The fourth-order valence-corrected chi connectivity index (χ4v) is 1.69. The van der Waals surface area contributed by atoms with Gasteiger partial charge in [0, 0.05) is 10.3 Å². The minimum atomic E-state index is -0.160. The third kappa shape index (κ3) is 6.23. The van der Waals surface area contributed by atoms with Crippen LogP contribution in [-0.2, 0) is 4.79 Å². The standard InChI is InChI=1S/C8H17NOS/c1-7(2,9-6-10)5-8(3,4)11/h6,11H,5H2,1-4H3,(H,9,10).